The summed E-state index contributed by atoms with van der Waals surface area (Å²) in [6.07, 6.45) is 1.18. The molecule has 2 rings (SSSR count). The van der Waals surface area contributed by atoms with Gasteiger partial charge in [-0.05, 0) is 13.3 Å². The summed E-state index contributed by atoms with van der Waals surface area (Å²) >= 11 is 0. The van der Waals surface area contributed by atoms with Gasteiger partial charge < -0.3 is 9.64 Å². The number of guanidine groups is 1. The maximum Gasteiger partial charge on any atom is 0.208 e. The van der Waals surface area contributed by atoms with E-state index in [2.05, 4.69) is 20.2 Å². The number of nitrogens with two attached hydrogens (primary N) is 1. The second kappa shape index (κ2) is 6.18. The van der Waals surface area contributed by atoms with Gasteiger partial charge in [0, 0.05) is 38.8 Å². The lowest BCUT2D eigenvalue weighted by Gasteiger charge is -2.32. The van der Waals surface area contributed by atoms with Crippen molar-refractivity contribution in [3.63, 3.8) is 0 Å². The van der Waals surface area contributed by atoms with Crippen molar-refractivity contribution in [1.29, 1.82) is 0 Å². The molecule has 6 heteroatoms. The third-order valence-electron chi connectivity index (χ3n) is 3.46. The molecule has 2 aliphatic rings. The molecule has 6 nitrogen and oxygen atoms in total. The van der Waals surface area contributed by atoms with E-state index in [1.807, 2.05) is 6.92 Å². The topological polar surface area (TPSA) is 66.1 Å². The van der Waals surface area contributed by atoms with Crippen LogP contribution in [0.4, 0.5) is 0 Å². The standard InChI is InChI=1S/C11H23N5O/c1-2-13-11(14-12)16-4-3-10(9-16)15-5-7-17-8-6-15/h10H,2-9,12H2,1H3,(H,13,14). The Kier molecular flexibility index (Phi) is 4.58. The molecule has 2 saturated heterocycles. The summed E-state index contributed by atoms with van der Waals surface area (Å²) < 4.78 is 5.38. The minimum atomic E-state index is 0.620. The van der Waals surface area contributed by atoms with Gasteiger partial charge in [0.15, 0.2) is 0 Å². The number of rotatable bonds is 2. The summed E-state index contributed by atoms with van der Waals surface area (Å²) in [4.78, 5) is 9.12. The van der Waals surface area contributed by atoms with Crippen LogP contribution in [-0.4, -0.2) is 67.7 Å². The Morgan fingerprint density at radius 3 is 2.82 bits per heavy atom. The molecular weight excluding hydrogens is 218 g/mol. The zero-order valence-corrected chi connectivity index (χ0v) is 10.6. The van der Waals surface area contributed by atoms with E-state index in [4.69, 9.17) is 10.6 Å². The predicted octanol–water partition coefficient (Wildman–Crippen LogP) is -0.768. The molecule has 0 aliphatic carbocycles. The van der Waals surface area contributed by atoms with Crippen LogP contribution >= 0.6 is 0 Å². The number of hydrogen-bond acceptors (Lipinski definition) is 4. The fourth-order valence-electron chi connectivity index (χ4n) is 2.56. The number of ether oxygens (including phenoxy) is 1. The third-order valence-corrected chi connectivity index (χ3v) is 3.46. The van der Waals surface area contributed by atoms with E-state index in [1.165, 1.54) is 6.42 Å². The maximum absolute atomic E-state index is 5.51. The average molecular weight is 241 g/mol. The number of hydrogen-bond donors (Lipinski definition) is 2. The van der Waals surface area contributed by atoms with Crippen LogP contribution in [0, 0.1) is 0 Å². The first-order chi connectivity index (χ1) is 8.35. The lowest BCUT2D eigenvalue weighted by molar-refractivity contribution is 0.0195. The van der Waals surface area contributed by atoms with Crippen LogP contribution < -0.4 is 11.3 Å². The van der Waals surface area contributed by atoms with Crippen molar-refractivity contribution in [2.45, 2.75) is 19.4 Å². The molecule has 0 aromatic carbocycles. The Bertz CT molecular complexity index is 265. The van der Waals surface area contributed by atoms with Crippen molar-refractivity contribution < 1.29 is 4.74 Å². The molecule has 0 spiro atoms. The fourth-order valence-corrected chi connectivity index (χ4v) is 2.56. The fraction of sp³-hybridized carbons (Fsp3) is 0.909. The molecule has 0 bridgehead atoms. The van der Waals surface area contributed by atoms with Crippen molar-refractivity contribution in [2.24, 2.45) is 10.8 Å². The van der Waals surface area contributed by atoms with Crippen molar-refractivity contribution in [2.75, 3.05) is 45.9 Å². The number of likely N-dealkylation sites (tertiary alicyclic amines) is 1. The van der Waals surface area contributed by atoms with Crippen LogP contribution in [0.5, 0.6) is 0 Å². The summed E-state index contributed by atoms with van der Waals surface area (Å²) in [6.45, 7) is 8.66. The van der Waals surface area contributed by atoms with Crippen LogP contribution in [0.1, 0.15) is 13.3 Å². The number of nitrogens with one attached hydrogen (secondary N) is 1. The molecule has 0 amide bonds. The molecule has 2 fully saturated rings. The zero-order valence-electron chi connectivity index (χ0n) is 10.6. The first-order valence-corrected chi connectivity index (χ1v) is 6.43. The van der Waals surface area contributed by atoms with E-state index in [0.29, 0.717) is 6.04 Å². The summed E-state index contributed by atoms with van der Waals surface area (Å²) in [7, 11) is 0. The van der Waals surface area contributed by atoms with Gasteiger partial charge in [0.2, 0.25) is 5.96 Å². The first-order valence-electron chi connectivity index (χ1n) is 6.43. The Labute approximate surface area is 103 Å². The van der Waals surface area contributed by atoms with Gasteiger partial charge in [-0.3, -0.25) is 15.3 Å². The van der Waals surface area contributed by atoms with Crippen LogP contribution in [-0.2, 0) is 4.74 Å². The van der Waals surface area contributed by atoms with E-state index in [0.717, 1.165) is 51.9 Å². The van der Waals surface area contributed by atoms with Gasteiger partial charge in [0.05, 0.1) is 13.2 Å². The Balaban J connectivity index is 1.87. The highest BCUT2D eigenvalue weighted by atomic mass is 16.5. The number of morpholine rings is 1. The van der Waals surface area contributed by atoms with E-state index in [-0.39, 0.29) is 0 Å². The molecule has 0 aromatic rings. The molecule has 2 aliphatic heterocycles. The third kappa shape index (κ3) is 3.08. The van der Waals surface area contributed by atoms with Crippen LogP contribution in [0.2, 0.25) is 0 Å². The van der Waals surface area contributed by atoms with Crippen molar-refractivity contribution in [1.82, 2.24) is 15.2 Å². The van der Waals surface area contributed by atoms with Crippen molar-refractivity contribution >= 4 is 5.96 Å². The van der Waals surface area contributed by atoms with Gasteiger partial charge in [0.25, 0.3) is 0 Å². The summed E-state index contributed by atoms with van der Waals surface area (Å²) in [5, 5.41) is 0. The minimum Gasteiger partial charge on any atom is -0.379 e. The highest BCUT2D eigenvalue weighted by Gasteiger charge is 2.29. The molecule has 0 saturated carbocycles. The van der Waals surface area contributed by atoms with Gasteiger partial charge in [-0.1, -0.05) is 0 Å². The number of aliphatic imine (C=N–C) groups is 1. The van der Waals surface area contributed by atoms with Crippen molar-refractivity contribution in [3.8, 4) is 0 Å². The van der Waals surface area contributed by atoms with E-state index in [1.54, 1.807) is 0 Å². The van der Waals surface area contributed by atoms with Gasteiger partial charge in [-0.15, -0.1) is 0 Å². The van der Waals surface area contributed by atoms with Crippen LogP contribution in [0.3, 0.4) is 0 Å². The molecule has 1 unspecified atom stereocenters. The number of nitrogens with zero attached hydrogens (tertiary/aromatic N) is 3. The quantitative estimate of drug-likeness (QED) is 0.288. The van der Waals surface area contributed by atoms with Crippen LogP contribution in [0.15, 0.2) is 4.99 Å². The molecule has 1 atom stereocenters. The van der Waals surface area contributed by atoms with Gasteiger partial charge in [-0.2, -0.15) is 0 Å². The highest BCUT2D eigenvalue weighted by Crippen LogP contribution is 2.16. The summed E-state index contributed by atoms with van der Waals surface area (Å²) in [5.41, 5.74) is 2.70. The summed E-state index contributed by atoms with van der Waals surface area (Å²) in [5.74, 6) is 6.33. The van der Waals surface area contributed by atoms with Crippen LogP contribution in [0.25, 0.3) is 0 Å². The largest absolute Gasteiger partial charge is 0.379 e. The molecule has 2 heterocycles. The monoisotopic (exact) mass is 241 g/mol. The minimum absolute atomic E-state index is 0.620. The van der Waals surface area contributed by atoms with E-state index >= 15 is 0 Å². The Morgan fingerprint density at radius 2 is 2.18 bits per heavy atom. The second-order valence-corrected chi connectivity index (χ2v) is 4.48. The van der Waals surface area contributed by atoms with Gasteiger partial charge in [-0.25, -0.2) is 5.84 Å². The zero-order chi connectivity index (χ0) is 12.1. The molecule has 0 aromatic heterocycles. The lowest BCUT2D eigenvalue weighted by Crippen LogP contribution is -2.48. The maximum atomic E-state index is 5.51. The molecular formula is C11H23N5O. The van der Waals surface area contributed by atoms with E-state index < -0.39 is 0 Å². The smallest absolute Gasteiger partial charge is 0.208 e. The van der Waals surface area contributed by atoms with Crippen molar-refractivity contribution in [3.05, 3.63) is 0 Å². The Hall–Kier alpha value is -0.850. The first kappa shape index (κ1) is 12.6. The summed E-state index contributed by atoms with van der Waals surface area (Å²) in [6, 6.07) is 0.620. The lowest BCUT2D eigenvalue weighted by atomic mass is 10.2. The van der Waals surface area contributed by atoms with E-state index in [9.17, 15) is 0 Å². The second-order valence-electron chi connectivity index (χ2n) is 4.48. The van der Waals surface area contributed by atoms with Gasteiger partial charge in [0.1, 0.15) is 0 Å². The number of hydrazine groups is 1. The average Bonchev–Trinajstić information content (AvgIpc) is 2.86. The molecule has 17 heavy (non-hydrogen) atoms. The molecule has 3 N–H and O–H groups in total. The molecule has 0 radical (unpaired) electrons. The SMILES string of the molecule is CCN=C(NN)N1CCC(N2CCOCC2)C1. The molecule has 98 valence electrons. The predicted molar refractivity (Wildman–Crippen MR) is 67.7 cm³/mol. The van der Waals surface area contributed by atoms with Gasteiger partial charge >= 0.3 is 0 Å². The highest BCUT2D eigenvalue weighted by molar-refractivity contribution is 5.79. The normalized spacial score (nSPS) is 27.5. The Morgan fingerprint density at radius 1 is 1.41 bits per heavy atom.